The first-order valence-electron chi connectivity index (χ1n) is 13.1. The number of hydrogen-bond donors (Lipinski definition) is 0. The Kier molecular flexibility index (Phi) is 10.1. The number of hydrogen-bond acceptors (Lipinski definition) is 4. The molecule has 0 radical (unpaired) electrons. The highest BCUT2D eigenvalue weighted by molar-refractivity contribution is 5.76. The predicted octanol–water partition coefficient (Wildman–Crippen LogP) is 7.49. The zero-order chi connectivity index (χ0) is 22.8. The van der Waals surface area contributed by atoms with E-state index in [9.17, 15) is 9.59 Å². The number of rotatable bonds is 10. The fourth-order valence-electron chi connectivity index (χ4n) is 5.33. The van der Waals surface area contributed by atoms with E-state index in [0.29, 0.717) is 11.5 Å². The highest BCUT2D eigenvalue weighted by Crippen LogP contribution is 2.34. The third-order valence-corrected chi connectivity index (χ3v) is 7.55. The van der Waals surface area contributed by atoms with Crippen LogP contribution in [-0.4, -0.2) is 11.9 Å². The minimum Gasteiger partial charge on any atom is -0.426 e. The third kappa shape index (κ3) is 7.64. The number of carbonyl (C=O) groups is 2. The van der Waals surface area contributed by atoms with E-state index in [1.807, 2.05) is 0 Å². The molecular formula is C28H42O4. The Morgan fingerprint density at radius 1 is 0.656 bits per heavy atom. The molecule has 0 bridgehead atoms. The molecule has 0 N–H and O–H groups in total. The van der Waals surface area contributed by atoms with Crippen molar-refractivity contribution in [2.45, 2.75) is 104 Å². The lowest BCUT2D eigenvalue weighted by atomic mass is 9.80. The summed E-state index contributed by atoms with van der Waals surface area (Å²) in [5.74, 6) is 2.39. The minimum absolute atomic E-state index is 0.0119. The highest BCUT2D eigenvalue weighted by atomic mass is 16.5. The van der Waals surface area contributed by atoms with Gasteiger partial charge in [0.15, 0.2) is 0 Å². The quantitative estimate of drug-likeness (QED) is 0.278. The van der Waals surface area contributed by atoms with Crippen molar-refractivity contribution in [1.29, 1.82) is 0 Å². The van der Waals surface area contributed by atoms with Crippen LogP contribution in [0, 0.1) is 23.7 Å². The topological polar surface area (TPSA) is 52.6 Å². The zero-order valence-corrected chi connectivity index (χ0v) is 20.2. The van der Waals surface area contributed by atoms with Gasteiger partial charge >= 0.3 is 11.9 Å². The average Bonchev–Trinajstić information content (AvgIpc) is 2.83. The summed E-state index contributed by atoms with van der Waals surface area (Å²) in [4.78, 5) is 25.1. The van der Waals surface area contributed by atoms with Crippen LogP contribution in [-0.2, 0) is 9.59 Å². The number of benzene rings is 1. The minimum atomic E-state index is -0.122. The monoisotopic (exact) mass is 442 g/mol. The van der Waals surface area contributed by atoms with Gasteiger partial charge in [0, 0.05) is 0 Å². The first kappa shape index (κ1) is 24.8. The van der Waals surface area contributed by atoms with E-state index in [2.05, 4.69) is 13.8 Å². The molecule has 0 saturated heterocycles. The van der Waals surface area contributed by atoms with E-state index in [-0.39, 0.29) is 23.8 Å². The Labute approximate surface area is 194 Å². The maximum Gasteiger partial charge on any atom is 0.314 e. The van der Waals surface area contributed by atoms with E-state index < -0.39 is 0 Å². The summed E-state index contributed by atoms with van der Waals surface area (Å²) in [6.45, 7) is 4.46. The van der Waals surface area contributed by atoms with Crippen LogP contribution >= 0.6 is 0 Å². The van der Waals surface area contributed by atoms with Gasteiger partial charge < -0.3 is 9.47 Å². The maximum atomic E-state index is 12.5. The molecule has 3 rings (SSSR count). The van der Waals surface area contributed by atoms with Gasteiger partial charge in [-0.15, -0.1) is 0 Å². The summed E-state index contributed by atoms with van der Waals surface area (Å²) in [6, 6.07) is 6.92. The maximum absolute atomic E-state index is 12.5. The van der Waals surface area contributed by atoms with Crippen LogP contribution in [0.3, 0.4) is 0 Å². The second-order valence-corrected chi connectivity index (χ2v) is 10.0. The van der Waals surface area contributed by atoms with Crippen LogP contribution in [0.15, 0.2) is 24.3 Å². The molecule has 0 unspecified atom stereocenters. The second-order valence-electron chi connectivity index (χ2n) is 10.0. The van der Waals surface area contributed by atoms with E-state index >= 15 is 0 Å². The molecule has 0 amide bonds. The molecule has 178 valence electrons. The van der Waals surface area contributed by atoms with Gasteiger partial charge in [0.25, 0.3) is 0 Å². The Hall–Kier alpha value is -1.84. The molecule has 2 saturated carbocycles. The zero-order valence-electron chi connectivity index (χ0n) is 20.2. The Morgan fingerprint density at radius 2 is 1.00 bits per heavy atom. The van der Waals surface area contributed by atoms with Crippen LogP contribution < -0.4 is 9.47 Å². The van der Waals surface area contributed by atoms with Crippen molar-refractivity contribution < 1.29 is 19.1 Å². The number of carbonyl (C=O) groups excluding carboxylic acids is 2. The highest BCUT2D eigenvalue weighted by Gasteiger charge is 2.28. The summed E-state index contributed by atoms with van der Waals surface area (Å²) >= 11 is 0. The van der Waals surface area contributed by atoms with Crippen molar-refractivity contribution in [3.05, 3.63) is 24.3 Å². The van der Waals surface area contributed by atoms with Crippen molar-refractivity contribution >= 4 is 11.9 Å². The lowest BCUT2D eigenvalue weighted by Gasteiger charge is -2.27. The average molecular weight is 443 g/mol. The summed E-state index contributed by atoms with van der Waals surface area (Å²) in [5.41, 5.74) is 0. The van der Waals surface area contributed by atoms with Crippen molar-refractivity contribution in [3.63, 3.8) is 0 Å². The van der Waals surface area contributed by atoms with Gasteiger partial charge in [-0.2, -0.15) is 0 Å². The first-order valence-corrected chi connectivity index (χ1v) is 13.1. The second kappa shape index (κ2) is 13.0. The lowest BCUT2D eigenvalue weighted by Crippen LogP contribution is -2.26. The van der Waals surface area contributed by atoms with Crippen LogP contribution in [0.4, 0.5) is 0 Å². The molecule has 1 aromatic carbocycles. The molecule has 2 aliphatic carbocycles. The van der Waals surface area contributed by atoms with E-state index in [0.717, 1.165) is 63.2 Å². The normalized spacial score (nSPS) is 25.8. The molecule has 0 heterocycles. The molecule has 4 nitrogen and oxygen atoms in total. The van der Waals surface area contributed by atoms with Gasteiger partial charge in [-0.1, -0.05) is 52.4 Å². The molecule has 1 aromatic rings. The van der Waals surface area contributed by atoms with Gasteiger partial charge in [0.2, 0.25) is 0 Å². The van der Waals surface area contributed by atoms with Gasteiger partial charge in [0.05, 0.1) is 11.8 Å². The van der Waals surface area contributed by atoms with Crippen molar-refractivity contribution in [1.82, 2.24) is 0 Å². The lowest BCUT2D eigenvalue weighted by molar-refractivity contribution is -0.141. The molecular weight excluding hydrogens is 400 g/mol. The Morgan fingerprint density at radius 3 is 1.31 bits per heavy atom. The smallest absolute Gasteiger partial charge is 0.314 e. The van der Waals surface area contributed by atoms with E-state index in [1.165, 1.54) is 38.5 Å². The van der Waals surface area contributed by atoms with E-state index in [4.69, 9.17) is 9.47 Å². The fraction of sp³-hybridized carbons (Fsp3) is 0.714. The van der Waals surface area contributed by atoms with Crippen LogP contribution in [0.1, 0.15) is 104 Å². The third-order valence-electron chi connectivity index (χ3n) is 7.55. The molecule has 2 fully saturated rings. The molecule has 0 aromatic heterocycles. The van der Waals surface area contributed by atoms with Crippen LogP contribution in [0.5, 0.6) is 11.5 Å². The molecule has 4 heteroatoms. The first-order chi connectivity index (χ1) is 15.6. The Bertz CT molecular complexity index is 634. The largest absolute Gasteiger partial charge is 0.426 e. The summed E-state index contributed by atoms with van der Waals surface area (Å²) in [5, 5.41) is 0. The number of unbranched alkanes of at least 4 members (excludes halogenated alkanes) is 2. The molecule has 0 spiro atoms. The van der Waals surface area contributed by atoms with Crippen LogP contribution in [0.25, 0.3) is 0 Å². The molecule has 0 atom stereocenters. The predicted molar refractivity (Wildman–Crippen MR) is 128 cm³/mol. The van der Waals surface area contributed by atoms with E-state index in [1.54, 1.807) is 24.3 Å². The SMILES string of the molecule is CCCCC1CCC(C(=O)Oc2ccc(OC(=O)C3CCC(CCCC)CC3)cc2)CC1. The molecule has 0 aliphatic heterocycles. The summed E-state index contributed by atoms with van der Waals surface area (Å²) in [7, 11) is 0. The van der Waals surface area contributed by atoms with Crippen molar-refractivity contribution in [2.24, 2.45) is 23.7 Å². The molecule has 2 aliphatic rings. The molecule has 32 heavy (non-hydrogen) atoms. The summed E-state index contributed by atoms with van der Waals surface area (Å²) in [6.07, 6.45) is 15.9. The van der Waals surface area contributed by atoms with Gasteiger partial charge in [-0.3, -0.25) is 9.59 Å². The van der Waals surface area contributed by atoms with Crippen molar-refractivity contribution in [2.75, 3.05) is 0 Å². The number of esters is 2. The van der Waals surface area contributed by atoms with Gasteiger partial charge in [-0.05, 0) is 87.5 Å². The number of ether oxygens (including phenoxy) is 2. The fourth-order valence-corrected chi connectivity index (χ4v) is 5.33. The Balaban J connectivity index is 1.39. The van der Waals surface area contributed by atoms with Crippen molar-refractivity contribution in [3.8, 4) is 11.5 Å². The van der Waals surface area contributed by atoms with Gasteiger partial charge in [-0.25, -0.2) is 0 Å². The van der Waals surface area contributed by atoms with Crippen LogP contribution in [0.2, 0.25) is 0 Å². The standard InChI is InChI=1S/C28H42O4/c1-3-5-7-21-9-13-23(14-10-21)27(29)31-25-17-19-26(20-18-25)32-28(30)24-15-11-22(12-16-24)8-6-4-2/h17-24H,3-16H2,1-2H3. The van der Waals surface area contributed by atoms with Gasteiger partial charge in [0.1, 0.15) is 11.5 Å². The summed E-state index contributed by atoms with van der Waals surface area (Å²) < 4.78 is 11.2.